The van der Waals surface area contributed by atoms with Crippen molar-refractivity contribution in [3.63, 3.8) is 0 Å². The van der Waals surface area contributed by atoms with Gasteiger partial charge in [-0.05, 0) is 69.9 Å². The smallest absolute Gasteiger partial charge is 0.328 e. The van der Waals surface area contributed by atoms with Gasteiger partial charge in [-0.3, -0.25) is 0 Å². The van der Waals surface area contributed by atoms with Gasteiger partial charge in [-0.1, -0.05) is 12.1 Å². The molecule has 1 aromatic carbocycles. The fraction of sp³-hybridized carbons (Fsp3) is 0.400. The van der Waals surface area contributed by atoms with E-state index in [-0.39, 0.29) is 0 Å². The summed E-state index contributed by atoms with van der Waals surface area (Å²) in [6.45, 7) is 6.60. The van der Waals surface area contributed by atoms with Crippen LogP contribution < -0.4 is 0 Å². The number of carboxylic acid groups (broad SMARTS) is 2. The van der Waals surface area contributed by atoms with Crippen molar-refractivity contribution < 1.29 is 24.2 Å². The van der Waals surface area contributed by atoms with E-state index in [1.807, 2.05) is 6.92 Å². The molecule has 2 N–H and O–H groups in total. The number of aryl methyl sites for hydroxylation is 2. The molecular weight excluding hydrogens is 334 g/mol. The van der Waals surface area contributed by atoms with Gasteiger partial charge < -0.3 is 19.5 Å². The number of aliphatic carboxylic acids is 2. The Kier molecular flexibility index (Phi) is 6.58. The van der Waals surface area contributed by atoms with Gasteiger partial charge in [0.1, 0.15) is 11.3 Å². The molecular formula is C20H25NO5. The molecule has 1 aliphatic rings. The summed E-state index contributed by atoms with van der Waals surface area (Å²) >= 11 is 0. The second kappa shape index (κ2) is 8.67. The Hall–Kier alpha value is -2.60. The van der Waals surface area contributed by atoms with Crippen LogP contribution in [-0.2, 0) is 9.59 Å². The molecule has 0 saturated carbocycles. The number of piperidine rings is 1. The van der Waals surface area contributed by atoms with E-state index in [9.17, 15) is 9.59 Å². The number of likely N-dealkylation sites (tertiary alicyclic amines) is 1. The molecule has 6 nitrogen and oxygen atoms in total. The molecule has 0 unspecified atom stereocenters. The molecule has 140 valence electrons. The first kappa shape index (κ1) is 19.7. The van der Waals surface area contributed by atoms with E-state index < -0.39 is 11.9 Å². The van der Waals surface area contributed by atoms with Crippen LogP contribution in [0.3, 0.4) is 0 Å². The Balaban J connectivity index is 0.000000260. The quantitative estimate of drug-likeness (QED) is 0.814. The molecule has 2 heterocycles. The number of hydrogen-bond acceptors (Lipinski definition) is 4. The Morgan fingerprint density at radius 2 is 1.69 bits per heavy atom. The second-order valence-corrected chi connectivity index (χ2v) is 6.63. The molecule has 0 atom stereocenters. The Bertz CT molecular complexity index is 797. The van der Waals surface area contributed by atoms with E-state index >= 15 is 0 Å². The van der Waals surface area contributed by atoms with Crippen molar-refractivity contribution in [1.82, 2.24) is 4.90 Å². The highest BCUT2D eigenvalue weighted by atomic mass is 16.4. The minimum Gasteiger partial charge on any atom is -0.478 e. The van der Waals surface area contributed by atoms with Crippen LogP contribution in [0, 0.1) is 13.8 Å². The van der Waals surface area contributed by atoms with Crippen LogP contribution in [0.15, 0.2) is 34.8 Å². The number of nitrogens with zero attached hydrogens (tertiary/aromatic N) is 1. The van der Waals surface area contributed by atoms with E-state index in [0.29, 0.717) is 18.1 Å². The molecule has 6 heteroatoms. The van der Waals surface area contributed by atoms with Crippen molar-refractivity contribution in [3.05, 3.63) is 47.2 Å². The molecule has 1 saturated heterocycles. The highest BCUT2D eigenvalue weighted by molar-refractivity contribution is 5.89. The van der Waals surface area contributed by atoms with Gasteiger partial charge in [0.15, 0.2) is 0 Å². The van der Waals surface area contributed by atoms with Crippen molar-refractivity contribution in [1.29, 1.82) is 0 Å². The maximum absolute atomic E-state index is 9.55. The van der Waals surface area contributed by atoms with E-state index in [1.165, 1.54) is 42.4 Å². The summed E-state index contributed by atoms with van der Waals surface area (Å²) in [5, 5.41) is 16.9. The average Bonchev–Trinajstić information content (AvgIpc) is 2.88. The minimum absolute atomic E-state index is 0.558. The monoisotopic (exact) mass is 359 g/mol. The lowest BCUT2D eigenvalue weighted by Gasteiger charge is -2.29. The maximum Gasteiger partial charge on any atom is 0.328 e. The summed E-state index contributed by atoms with van der Waals surface area (Å²) < 4.78 is 5.84. The standard InChI is InChI=1S/C16H21NO.C4H4O4/c1-11-12(2)18-16-10-14(4-5-15(11)16)13-6-8-17(3)9-7-13;5-3(6)1-2-4(7)8/h4-5,10,13H,6-9H2,1-3H3;1-2H,(H,5,6)(H,7,8)/b;2-1-. The van der Waals surface area contributed by atoms with Gasteiger partial charge in [-0.25, -0.2) is 9.59 Å². The predicted octanol–water partition coefficient (Wildman–Crippen LogP) is 3.57. The van der Waals surface area contributed by atoms with Crippen molar-refractivity contribution in [2.75, 3.05) is 20.1 Å². The molecule has 26 heavy (non-hydrogen) atoms. The first-order chi connectivity index (χ1) is 12.3. The summed E-state index contributed by atoms with van der Waals surface area (Å²) in [6.07, 6.45) is 3.64. The Morgan fingerprint density at radius 3 is 2.23 bits per heavy atom. The van der Waals surface area contributed by atoms with E-state index in [4.69, 9.17) is 14.6 Å². The molecule has 2 aromatic rings. The van der Waals surface area contributed by atoms with Gasteiger partial charge in [0.05, 0.1) is 0 Å². The van der Waals surface area contributed by atoms with Crippen LogP contribution in [0.4, 0.5) is 0 Å². The molecule has 3 rings (SSSR count). The number of hydrogen-bond donors (Lipinski definition) is 2. The van der Waals surface area contributed by atoms with E-state index in [1.54, 1.807) is 0 Å². The lowest BCUT2D eigenvalue weighted by molar-refractivity contribution is -0.134. The topological polar surface area (TPSA) is 91.0 Å². The average molecular weight is 359 g/mol. The third-order valence-electron chi connectivity index (χ3n) is 4.76. The molecule has 0 aliphatic carbocycles. The number of furan rings is 1. The maximum atomic E-state index is 9.55. The summed E-state index contributed by atoms with van der Waals surface area (Å²) in [4.78, 5) is 21.5. The van der Waals surface area contributed by atoms with Crippen LogP contribution >= 0.6 is 0 Å². The zero-order valence-electron chi connectivity index (χ0n) is 15.4. The van der Waals surface area contributed by atoms with Gasteiger partial charge in [-0.15, -0.1) is 0 Å². The third kappa shape index (κ3) is 5.20. The van der Waals surface area contributed by atoms with Crippen molar-refractivity contribution in [3.8, 4) is 0 Å². The van der Waals surface area contributed by atoms with Gasteiger partial charge in [0.25, 0.3) is 0 Å². The minimum atomic E-state index is -1.26. The lowest BCUT2D eigenvalue weighted by Crippen LogP contribution is -2.29. The highest BCUT2D eigenvalue weighted by Crippen LogP contribution is 2.32. The normalized spacial score (nSPS) is 15.8. The van der Waals surface area contributed by atoms with Crippen molar-refractivity contribution >= 4 is 22.9 Å². The number of carbonyl (C=O) groups is 2. The third-order valence-corrected chi connectivity index (χ3v) is 4.76. The fourth-order valence-corrected chi connectivity index (χ4v) is 3.10. The van der Waals surface area contributed by atoms with Gasteiger partial charge in [0.2, 0.25) is 0 Å². The Labute approximate surface area is 152 Å². The summed E-state index contributed by atoms with van der Waals surface area (Å²) in [6, 6.07) is 6.78. The van der Waals surface area contributed by atoms with Gasteiger partial charge in [0, 0.05) is 17.5 Å². The predicted molar refractivity (Wildman–Crippen MR) is 99.6 cm³/mol. The molecule has 1 aliphatic heterocycles. The van der Waals surface area contributed by atoms with Crippen LogP contribution in [0.5, 0.6) is 0 Å². The summed E-state index contributed by atoms with van der Waals surface area (Å²) in [5.41, 5.74) is 3.78. The highest BCUT2D eigenvalue weighted by Gasteiger charge is 2.19. The number of fused-ring (bicyclic) bond motifs is 1. The first-order valence-corrected chi connectivity index (χ1v) is 8.60. The molecule has 1 fully saturated rings. The zero-order valence-corrected chi connectivity index (χ0v) is 15.4. The molecule has 1 aromatic heterocycles. The Morgan fingerprint density at radius 1 is 1.12 bits per heavy atom. The van der Waals surface area contributed by atoms with Crippen LogP contribution in [0.25, 0.3) is 11.0 Å². The molecule has 0 bridgehead atoms. The van der Waals surface area contributed by atoms with Gasteiger partial charge in [-0.2, -0.15) is 0 Å². The van der Waals surface area contributed by atoms with E-state index in [0.717, 1.165) is 11.3 Å². The van der Waals surface area contributed by atoms with Crippen molar-refractivity contribution in [2.45, 2.75) is 32.6 Å². The van der Waals surface area contributed by atoms with Gasteiger partial charge >= 0.3 is 11.9 Å². The molecule has 0 radical (unpaired) electrons. The second-order valence-electron chi connectivity index (χ2n) is 6.63. The molecule has 0 amide bonds. The zero-order chi connectivity index (χ0) is 19.3. The van der Waals surface area contributed by atoms with E-state index in [2.05, 4.69) is 37.1 Å². The largest absolute Gasteiger partial charge is 0.478 e. The summed E-state index contributed by atoms with van der Waals surface area (Å²) in [7, 11) is 2.21. The van der Waals surface area contributed by atoms with Crippen LogP contribution in [0.1, 0.15) is 35.6 Å². The number of carboxylic acids is 2. The molecule has 0 spiro atoms. The summed E-state index contributed by atoms with van der Waals surface area (Å²) in [5.74, 6) is -0.762. The number of benzene rings is 1. The number of rotatable bonds is 3. The van der Waals surface area contributed by atoms with Crippen LogP contribution in [0.2, 0.25) is 0 Å². The SMILES string of the molecule is Cc1oc2cc(C3CCN(C)CC3)ccc2c1C.O=C(O)/C=C\C(=O)O. The lowest BCUT2D eigenvalue weighted by atomic mass is 9.89. The van der Waals surface area contributed by atoms with Crippen LogP contribution in [-0.4, -0.2) is 47.2 Å². The first-order valence-electron chi connectivity index (χ1n) is 8.60. The van der Waals surface area contributed by atoms with Crippen molar-refractivity contribution in [2.24, 2.45) is 0 Å². The fourth-order valence-electron chi connectivity index (χ4n) is 3.10.